The molecule has 0 fully saturated rings. The van der Waals surface area contributed by atoms with Gasteiger partial charge in [-0.3, -0.25) is 19.1 Å². The van der Waals surface area contributed by atoms with Crippen molar-refractivity contribution in [2.45, 2.75) is 39.5 Å². The third-order valence-corrected chi connectivity index (χ3v) is 7.68. The zero-order valence-corrected chi connectivity index (χ0v) is 22.8. The Labute approximate surface area is 218 Å². The Morgan fingerprint density at radius 3 is 2.86 bits per heavy atom. The highest BCUT2D eigenvalue weighted by Crippen LogP contribution is 2.44. The van der Waals surface area contributed by atoms with Crippen molar-refractivity contribution in [3.05, 3.63) is 39.4 Å². The lowest BCUT2D eigenvalue weighted by Crippen LogP contribution is -2.35. The van der Waals surface area contributed by atoms with Gasteiger partial charge in [0.05, 0.1) is 32.3 Å². The van der Waals surface area contributed by atoms with Gasteiger partial charge in [-0.05, 0) is 25.5 Å². The molecule has 0 aliphatic heterocycles. The fourth-order valence-corrected chi connectivity index (χ4v) is 5.86. The number of imidazole rings is 1. The number of H-pyrrole nitrogens is 1. The van der Waals surface area contributed by atoms with Crippen LogP contribution in [0.25, 0.3) is 11.2 Å². The summed E-state index contributed by atoms with van der Waals surface area (Å²) in [4.78, 5) is 34.6. The normalized spacial score (nSPS) is 20.2. The number of halogens is 1. The van der Waals surface area contributed by atoms with Crippen molar-refractivity contribution in [3.8, 4) is 0 Å². The Morgan fingerprint density at radius 1 is 1.43 bits per heavy atom. The smallest absolute Gasteiger partial charge is 0.323 e. The summed E-state index contributed by atoms with van der Waals surface area (Å²) < 4.78 is 37.1. The molecule has 13 nitrogen and oxygen atoms in total. The van der Waals surface area contributed by atoms with E-state index < -0.39 is 25.1 Å². The van der Waals surface area contributed by atoms with Crippen LogP contribution in [0.5, 0.6) is 0 Å². The molecule has 0 saturated heterocycles. The maximum atomic E-state index is 13.7. The number of fused-ring (bicyclic) bond motifs is 1. The van der Waals surface area contributed by atoms with Crippen molar-refractivity contribution in [1.82, 2.24) is 24.6 Å². The van der Waals surface area contributed by atoms with E-state index in [1.165, 1.54) is 13.3 Å². The standard InChI is InChI=1S/C22H32ClN6O7P/c1-5-35-21(31)14(3)28-37(32,36-10-15-8-13(2)18(33-4)16(23)9-15)12-34-7-6-29-11-25-17-19(29)26-22(24)27-20(17)30/h8-9,11,13-14,18H,5-7,10,12H2,1-4H3,(H,28,32)(H3,24,26,27,30)/t13?,14-,18?,37?/m0/s1. The van der Waals surface area contributed by atoms with Gasteiger partial charge in [-0.15, -0.1) is 0 Å². The molecular formula is C22H32ClN6O7P. The number of nitrogen functional groups attached to an aromatic ring is 1. The molecule has 1 aliphatic carbocycles. The summed E-state index contributed by atoms with van der Waals surface area (Å²) in [6.45, 7) is 5.65. The number of hydrogen-bond acceptors (Lipinski definition) is 10. The van der Waals surface area contributed by atoms with Crippen LogP contribution in [0.15, 0.2) is 33.9 Å². The van der Waals surface area contributed by atoms with Crippen molar-refractivity contribution >= 4 is 42.2 Å². The van der Waals surface area contributed by atoms with Gasteiger partial charge in [-0.1, -0.05) is 24.6 Å². The van der Waals surface area contributed by atoms with Crippen molar-refractivity contribution in [2.75, 3.05) is 39.0 Å². The summed E-state index contributed by atoms with van der Waals surface area (Å²) in [6.07, 6.45) is 4.47. The third-order valence-electron chi connectivity index (χ3n) is 5.50. The van der Waals surface area contributed by atoms with Crippen molar-refractivity contribution in [3.63, 3.8) is 0 Å². The van der Waals surface area contributed by atoms with Crippen LogP contribution < -0.4 is 16.4 Å². The molecule has 0 bridgehead atoms. The molecule has 4 atom stereocenters. The number of rotatable bonds is 13. The highest BCUT2D eigenvalue weighted by atomic mass is 35.5. The van der Waals surface area contributed by atoms with E-state index in [4.69, 9.17) is 36.1 Å². The van der Waals surface area contributed by atoms with E-state index in [1.807, 2.05) is 13.0 Å². The van der Waals surface area contributed by atoms with Crippen LogP contribution >= 0.6 is 19.1 Å². The first-order chi connectivity index (χ1) is 17.6. The summed E-state index contributed by atoms with van der Waals surface area (Å²) in [6, 6.07) is -0.901. The number of aromatic nitrogens is 4. The van der Waals surface area contributed by atoms with Gasteiger partial charge in [0.15, 0.2) is 11.2 Å². The predicted octanol–water partition coefficient (Wildman–Crippen LogP) is 2.14. The average molecular weight is 559 g/mol. The monoisotopic (exact) mass is 558 g/mol. The van der Waals surface area contributed by atoms with E-state index >= 15 is 0 Å². The van der Waals surface area contributed by atoms with Crippen LogP contribution in [0.4, 0.5) is 5.95 Å². The third kappa shape index (κ3) is 7.50. The molecule has 0 amide bonds. The maximum Gasteiger partial charge on any atom is 0.323 e. The Balaban J connectivity index is 1.66. The number of ether oxygens (including phenoxy) is 3. The molecule has 0 aromatic carbocycles. The van der Waals surface area contributed by atoms with Crippen LogP contribution in [0.3, 0.4) is 0 Å². The quantitative estimate of drug-likeness (QED) is 0.187. The molecule has 2 heterocycles. The van der Waals surface area contributed by atoms with Gasteiger partial charge >= 0.3 is 5.97 Å². The first-order valence-corrected chi connectivity index (χ1v) is 13.8. The molecule has 1 aliphatic rings. The van der Waals surface area contributed by atoms with Crippen molar-refractivity contribution < 1.29 is 28.1 Å². The molecule has 4 N–H and O–H groups in total. The Hall–Kier alpha value is -2.54. The first kappa shape index (κ1) is 29.0. The summed E-state index contributed by atoms with van der Waals surface area (Å²) in [7, 11) is -2.11. The second-order valence-corrected chi connectivity index (χ2v) is 11.0. The zero-order chi connectivity index (χ0) is 27.2. The molecule has 15 heteroatoms. The number of aromatic amines is 1. The Kier molecular flexibility index (Phi) is 10.0. The largest absolute Gasteiger partial charge is 0.465 e. The predicted molar refractivity (Wildman–Crippen MR) is 138 cm³/mol. The summed E-state index contributed by atoms with van der Waals surface area (Å²) >= 11 is 6.32. The summed E-state index contributed by atoms with van der Waals surface area (Å²) in [5, 5.41) is 3.24. The molecule has 204 valence electrons. The molecule has 2 aromatic heterocycles. The van der Waals surface area contributed by atoms with Crippen LogP contribution in [0, 0.1) is 5.92 Å². The second kappa shape index (κ2) is 12.8. The van der Waals surface area contributed by atoms with E-state index in [0.29, 0.717) is 10.7 Å². The second-order valence-electron chi connectivity index (χ2n) is 8.43. The Bertz CT molecular complexity index is 1280. The average Bonchev–Trinajstić information content (AvgIpc) is 3.23. The molecule has 3 unspecified atom stereocenters. The van der Waals surface area contributed by atoms with Gasteiger partial charge in [-0.25, -0.2) is 10.1 Å². The van der Waals surface area contributed by atoms with E-state index in [9.17, 15) is 14.2 Å². The van der Waals surface area contributed by atoms with Crippen molar-refractivity contribution in [1.29, 1.82) is 0 Å². The molecule has 0 spiro atoms. The SMILES string of the molecule is CCOC(=O)[C@H](C)NP(=O)(COCCn1cnc2c(=O)[nH]c(N)nc21)OCC1=CC(C)C(OC)C(Cl)=C1. The van der Waals surface area contributed by atoms with E-state index in [2.05, 4.69) is 20.0 Å². The fourth-order valence-electron chi connectivity index (χ4n) is 3.79. The number of nitrogens with zero attached hydrogens (tertiary/aromatic N) is 3. The summed E-state index contributed by atoms with van der Waals surface area (Å²) in [5.41, 5.74) is 6.34. The van der Waals surface area contributed by atoms with Crippen LogP contribution in [-0.2, 0) is 34.6 Å². The van der Waals surface area contributed by atoms with Crippen molar-refractivity contribution in [2.24, 2.45) is 5.92 Å². The number of esters is 1. The minimum atomic E-state index is -3.68. The lowest BCUT2D eigenvalue weighted by atomic mass is 9.95. The van der Waals surface area contributed by atoms with Gasteiger partial charge in [0.25, 0.3) is 13.1 Å². The van der Waals surface area contributed by atoms with Gasteiger partial charge in [0, 0.05) is 24.6 Å². The fraction of sp³-hybridized carbons (Fsp3) is 0.545. The minimum absolute atomic E-state index is 0.0111. The van der Waals surface area contributed by atoms with E-state index in [-0.39, 0.29) is 56.2 Å². The minimum Gasteiger partial charge on any atom is -0.465 e. The first-order valence-electron chi connectivity index (χ1n) is 11.6. The van der Waals surface area contributed by atoms with Gasteiger partial charge in [0.2, 0.25) is 5.95 Å². The highest BCUT2D eigenvalue weighted by Gasteiger charge is 2.31. The molecular weight excluding hydrogens is 527 g/mol. The number of carbonyl (C=O) groups is 1. The number of carbonyl (C=O) groups excluding carboxylic acids is 1. The molecule has 0 radical (unpaired) electrons. The number of nitrogens with one attached hydrogen (secondary N) is 2. The lowest BCUT2D eigenvalue weighted by Gasteiger charge is -2.26. The molecule has 37 heavy (non-hydrogen) atoms. The highest BCUT2D eigenvalue weighted by molar-refractivity contribution is 7.56. The topological polar surface area (TPSA) is 173 Å². The van der Waals surface area contributed by atoms with Gasteiger partial charge in [0.1, 0.15) is 12.4 Å². The lowest BCUT2D eigenvalue weighted by molar-refractivity contribution is -0.144. The Morgan fingerprint density at radius 2 is 2.19 bits per heavy atom. The van der Waals surface area contributed by atoms with E-state index in [1.54, 1.807) is 24.7 Å². The number of anilines is 1. The summed E-state index contributed by atoms with van der Waals surface area (Å²) in [5.74, 6) is -0.614. The van der Waals surface area contributed by atoms with Crippen LogP contribution in [-0.4, -0.2) is 70.9 Å². The number of hydrogen-bond donors (Lipinski definition) is 3. The maximum absolute atomic E-state index is 13.7. The molecule has 2 aromatic rings. The van der Waals surface area contributed by atoms with Crippen LogP contribution in [0.2, 0.25) is 0 Å². The molecule has 3 rings (SSSR count). The van der Waals surface area contributed by atoms with Gasteiger partial charge < -0.3 is 29.0 Å². The van der Waals surface area contributed by atoms with Gasteiger partial charge in [-0.2, -0.15) is 4.98 Å². The van der Waals surface area contributed by atoms with Crippen LogP contribution in [0.1, 0.15) is 20.8 Å². The molecule has 0 saturated carbocycles. The van der Waals surface area contributed by atoms with E-state index in [0.717, 1.165) is 5.57 Å². The number of methoxy groups -OCH3 is 1. The number of nitrogens with two attached hydrogens (primary N) is 1. The zero-order valence-electron chi connectivity index (χ0n) is 21.1.